The van der Waals surface area contributed by atoms with Gasteiger partial charge in [0.1, 0.15) is 11.6 Å². The molecule has 0 heterocycles. The maximum Gasteiger partial charge on any atom is 0.417 e. The molecule has 106 valence electrons. The predicted molar refractivity (Wildman–Crippen MR) is 55.3 cm³/mol. The van der Waals surface area contributed by atoms with Crippen molar-refractivity contribution >= 4 is 5.97 Å². The first-order chi connectivity index (χ1) is 8.58. The molecule has 3 nitrogen and oxygen atoms in total. The first-order valence-electron chi connectivity index (χ1n) is 5.07. The molecular formula is C11H10F5NO2. The minimum atomic E-state index is -5.06. The molecule has 1 rings (SSSR count). The highest BCUT2D eigenvalue weighted by Crippen LogP contribution is 2.30. The first-order valence-corrected chi connectivity index (χ1v) is 5.07. The van der Waals surface area contributed by atoms with Crippen LogP contribution in [0.2, 0.25) is 0 Å². The van der Waals surface area contributed by atoms with Crippen molar-refractivity contribution in [2.45, 2.75) is 25.2 Å². The summed E-state index contributed by atoms with van der Waals surface area (Å²) in [4.78, 5) is 10.7. The fraction of sp³-hybridized carbons (Fsp3) is 0.364. The molecule has 0 bridgehead atoms. The lowest BCUT2D eigenvalue weighted by molar-refractivity contribution is -0.206. The molecule has 0 aliphatic carbocycles. The van der Waals surface area contributed by atoms with Crippen LogP contribution in [0.5, 0.6) is 0 Å². The summed E-state index contributed by atoms with van der Waals surface area (Å²) in [7, 11) is 0. The molecule has 0 aliphatic heterocycles. The molecule has 19 heavy (non-hydrogen) atoms. The Morgan fingerprint density at radius 2 is 1.89 bits per heavy atom. The monoisotopic (exact) mass is 283 g/mol. The summed E-state index contributed by atoms with van der Waals surface area (Å²) in [6, 6.07) is 2.31. The number of nitrogens with one attached hydrogen (secondary N) is 1. The minimum absolute atomic E-state index is 0.266. The molecule has 2 N–H and O–H groups in total. The van der Waals surface area contributed by atoms with Gasteiger partial charge in [-0.1, -0.05) is 6.07 Å². The Kier molecular flexibility index (Phi) is 4.14. The van der Waals surface area contributed by atoms with E-state index in [1.807, 2.05) is 0 Å². The summed E-state index contributed by atoms with van der Waals surface area (Å²) in [5.74, 6) is -4.07. The lowest BCUT2D eigenvalue weighted by Crippen LogP contribution is -2.59. The summed E-state index contributed by atoms with van der Waals surface area (Å²) < 4.78 is 63.7. The summed E-state index contributed by atoms with van der Waals surface area (Å²) in [6.45, 7) is -0.273. The highest BCUT2D eigenvalue weighted by atomic mass is 19.4. The smallest absolute Gasteiger partial charge is 0.417 e. The highest BCUT2D eigenvalue weighted by Gasteiger charge is 2.57. The van der Waals surface area contributed by atoms with Gasteiger partial charge in [0.25, 0.3) is 0 Å². The van der Waals surface area contributed by atoms with E-state index in [1.54, 1.807) is 5.32 Å². The molecule has 0 saturated carbocycles. The molecule has 0 spiro atoms. The minimum Gasteiger partial charge on any atom is -0.480 e. The number of alkyl halides is 3. The molecule has 1 atom stereocenters. The topological polar surface area (TPSA) is 49.3 Å². The average molecular weight is 283 g/mol. The van der Waals surface area contributed by atoms with Crippen molar-refractivity contribution in [1.82, 2.24) is 5.32 Å². The average Bonchev–Trinajstić information content (AvgIpc) is 2.25. The third-order valence-electron chi connectivity index (χ3n) is 2.64. The number of hydrogen-bond donors (Lipinski definition) is 2. The molecule has 0 aliphatic rings. The number of benzene rings is 1. The first kappa shape index (κ1) is 15.4. The van der Waals surface area contributed by atoms with Gasteiger partial charge in [0, 0.05) is 18.2 Å². The van der Waals surface area contributed by atoms with E-state index in [-0.39, 0.29) is 5.56 Å². The lowest BCUT2D eigenvalue weighted by Gasteiger charge is -2.28. The van der Waals surface area contributed by atoms with Crippen molar-refractivity contribution < 1.29 is 31.9 Å². The predicted octanol–water partition coefficient (Wildman–Crippen LogP) is 2.46. The second-order valence-corrected chi connectivity index (χ2v) is 4.02. The van der Waals surface area contributed by atoms with Crippen molar-refractivity contribution in [2.75, 3.05) is 0 Å². The number of hydrogen-bond acceptors (Lipinski definition) is 2. The van der Waals surface area contributed by atoms with Gasteiger partial charge in [0.15, 0.2) is 0 Å². The normalized spacial score (nSPS) is 15.1. The second kappa shape index (κ2) is 5.12. The van der Waals surface area contributed by atoms with Gasteiger partial charge in [0.05, 0.1) is 0 Å². The van der Waals surface area contributed by atoms with E-state index in [0.29, 0.717) is 13.0 Å². The van der Waals surface area contributed by atoms with Crippen LogP contribution in [0.3, 0.4) is 0 Å². The fourth-order valence-electron chi connectivity index (χ4n) is 1.23. The number of aliphatic carboxylic acids is 1. The zero-order valence-corrected chi connectivity index (χ0v) is 9.68. The highest BCUT2D eigenvalue weighted by molar-refractivity contribution is 5.79. The molecular weight excluding hydrogens is 273 g/mol. The summed E-state index contributed by atoms with van der Waals surface area (Å²) >= 11 is 0. The van der Waals surface area contributed by atoms with E-state index in [2.05, 4.69) is 0 Å². The second-order valence-electron chi connectivity index (χ2n) is 4.02. The van der Waals surface area contributed by atoms with Gasteiger partial charge >= 0.3 is 12.1 Å². The Balaban J connectivity index is 2.92. The molecule has 1 aromatic carbocycles. The van der Waals surface area contributed by atoms with Crippen LogP contribution >= 0.6 is 0 Å². The fourth-order valence-corrected chi connectivity index (χ4v) is 1.23. The van der Waals surface area contributed by atoms with Crippen molar-refractivity contribution in [1.29, 1.82) is 0 Å². The third-order valence-corrected chi connectivity index (χ3v) is 2.64. The van der Waals surface area contributed by atoms with Crippen molar-refractivity contribution in [3.63, 3.8) is 0 Å². The van der Waals surface area contributed by atoms with Crippen LogP contribution in [0, 0.1) is 11.6 Å². The van der Waals surface area contributed by atoms with E-state index in [1.165, 1.54) is 0 Å². The number of halogens is 5. The molecule has 0 aromatic heterocycles. The molecule has 0 radical (unpaired) electrons. The van der Waals surface area contributed by atoms with E-state index in [0.717, 1.165) is 12.1 Å². The van der Waals surface area contributed by atoms with E-state index in [4.69, 9.17) is 5.11 Å². The molecule has 8 heteroatoms. The third kappa shape index (κ3) is 3.19. The van der Waals surface area contributed by atoms with Gasteiger partial charge in [-0.05, 0) is 13.0 Å². The van der Waals surface area contributed by atoms with Crippen LogP contribution in [0.25, 0.3) is 0 Å². The number of rotatable bonds is 4. The molecule has 0 saturated heterocycles. The van der Waals surface area contributed by atoms with Crippen molar-refractivity contribution in [3.05, 3.63) is 35.4 Å². The number of carbonyl (C=O) groups is 1. The number of carboxylic acid groups (broad SMARTS) is 1. The molecule has 1 unspecified atom stereocenters. The summed E-state index contributed by atoms with van der Waals surface area (Å²) in [5.41, 5.74) is -3.48. The van der Waals surface area contributed by atoms with Crippen molar-refractivity contribution in [2.24, 2.45) is 0 Å². The van der Waals surface area contributed by atoms with Gasteiger partial charge < -0.3 is 5.11 Å². The maximum atomic E-state index is 13.2. The van der Waals surface area contributed by atoms with Gasteiger partial charge in [-0.25, -0.2) is 13.6 Å². The Morgan fingerprint density at radius 1 is 1.32 bits per heavy atom. The van der Waals surface area contributed by atoms with Crippen molar-refractivity contribution in [3.8, 4) is 0 Å². The van der Waals surface area contributed by atoms with Gasteiger partial charge in [0.2, 0.25) is 5.54 Å². The Bertz CT molecular complexity index is 488. The molecule has 1 aromatic rings. The zero-order valence-electron chi connectivity index (χ0n) is 9.68. The molecule has 0 fully saturated rings. The Labute approximate surface area is 105 Å². The standard InChI is InChI=1S/C11H10F5NO2/c1-10(9(18)19,11(14,15)16)17-5-6-2-3-7(12)4-8(6)13/h2-4,17H,5H2,1H3,(H,18,19). The largest absolute Gasteiger partial charge is 0.480 e. The summed E-state index contributed by atoms with van der Waals surface area (Å²) in [6.07, 6.45) is -5.06. The van der Waals surface area contributed by atoms with Gasteiger partial charge in [-0.15, -0.1) is 0 Å². The SMILES string of the molecule is CC(NCc1ccc(F)cc1F)(C(=O)O)C(F)(F)F. The van der Waals surface area contributed by atoms with Gasteiger partial charge in [-0.2, -0.15) is 13.2 Å². The molecule has 0 amide bonds. The van der Waals surface area contributed by atoms with Crippen LogP contribution in [0.15, 0.2) is 18.2 Å². The Morgan fingerprint density at radius 3 is 2.32 bits per heavy atom. The van der Waals surface area contributed by atoms with E-state index in [9.17, 15) is 26.7 Å². The Hall–Kier alpha value is -1.70. The van der Waals surface area contributed by atoms with Crippen LogP contribution in [-0.2, 0) is 11.3 Å². The van der Waals surface area contributed by atoms with E-state index < -0.39 is 35.9 Å². The van der Waals surface area contributed by atoms with E-state index >= 15 is 0 Å². The van der Waals surface area contributed by atoms with Gasteiger partial charge in [-0.3, -0.25) is 5.32 Å². The summed E-state index contributed by atoms with van der Waals surface area (Å²) in [5, 5.41) is 10.3. The van der Waals surface area contributed by atoms with Crippen LogP contribution < -0.4 is 5.32 Å². The van der Waals surface area contributed by atoms with Crippen LogP contribution in [-0.4, -0.2) is 22.8 Å². The maximum absolute atomic E-state index is 13.2. The van der Waals surface area contributed by atoms with Crippen LogP contribution in [0.1, 0.15) is 12.5 Å². The lowest BCUT2D eigenvalue weighted by atomic mass is 10.0. The van der Waals surface area contributed by atoms with Crippen LogP contribution in [0.4, 0.5) is 22.0 Å². The quantitative estimate of drug-likeness (QED) is 0.834. The zero-order chi connectivity index (χ0) is 14.8. The number of carboxylic acids is 1.